The van der Waals surface area contributed by atoms with Crippen LogP contribution in [0, 0.1) is 37.5 Å². The van der Waals surface area contributed by atoms with Crippen LogP contribution in [0.1, 0.15) is 72.2 Å². The van der Waals surface area contributed by atoms with E-state index in [1.807, 2.05) is 13.8 Å². The number of hydrogen-bond acceptors (Lipinski definition) is 4. The van der Waals surface area contributed by atoms with Gasteiger partial charge in [0.2, 0.25) is 5.91 Å². The van der Waals surface area contributed by atoms with Gasteiger partial charge in [0.15, 0.2) is 0 Å². The molecule has 5 rings (SSSR count). The lowest BCUT2D eigenvalue weighted by Gasteiger charge is -2.45. The Bertz CT molecular complexity index is 819. The molecule has 2 amide bonds. The van der Waals surface area contributed by atoms with Crippen LogP contribution in [-0.4, -0.2) is 28.9 Å². The van der Waals surface area contributed by atoms with E-state index in [2.05, 4.69) is 10.6 Å². The highest BCUT2D eigenvalue weighted by molar-refractivity contribution is 7.16. The molecule has 2 atom stereocenters. The number of thiophene rings is 1. The summed E-state index contributed by atoms with van der Waals surface area (Å²) < 4.78 is 0. The van der Waals surface area contributed by atoms with Crippen LogP contribution in [-0.2, 0) is 9.59 Å². The van der Waals surface area contributed by atoms with Crippen LogP contribution >= 0.6 is 11.3 Å². The molecule has 4 aliphatic rings. The molecule has 158 valence electrons. The predicted molar refractivity (Wildman–Crippen MR) is 112 cm³/mol. The molecule has 0 aromatic carbocycles. The number of carboxylic acid groups (broad SMARTS) is 1. The molecular weight excluding hydrogens is 388 g/mol. The highest BCUT2D eigenvalue weighted by Gasteiger charge is 2.50. The Morgan fingerprint density at radius 2 is 1.52 bits per heavy atom. The van der Waals surface area contributed by atoms with Gasteiger partial charge in [-0.3, -0.25) is 14.4 Å². The van der Waals surface area contributed by atoms with Gasteiger partial charge in [0.05, 0.1) is 17.4 Å². The summed E-state index contributed by atoms with van der Waals surface area (Å²) in [6, 6.07) is 0.205. The van der Waals surface area contributed by atoms with Crippen LogP contribution in [0.5, 0.6) is 0 Å². The first kappa shape index (κ1) is 20.4. The summed E-state index contributed by atoms with van der Waals surface area (Å²) in [5.74, 6) is -2.13. The largest absolute Gasteiger partial charge is 0.481 e. The van der Waals surface area contributed by atoms with E-state index < -0.39 is 17.8 Å². The molecule has 2 bridgehead atoms. The SMILES string of the molecule is Cc1sc(NC(=O)[C@@H]2C3CCC(CC3)[C@@H]2C(=O)O)c(C(=O)NC2CCCC2)c1C. The van der Waals surface area contributed by atoms with E-state index in [0.717, 1.165) is 61.8 Å². The van der Waals surface area contributed by atoms with Gasteiger partial charge in [-0.05, 0) is 69.8 Å². The van der Waals surface area contributed by atoms with Crippen molar-refractivity contribution in [3.05, 3.63) is 16.0 Å². The van der Waals surface area contributed by atoms with Crippen LogP contribution in [0.3, 0.4) is 0 Å². The molecule has 3 N–H and O–H groups in total. The average Bonchev–Trinajstić information content (AvgIpc) is 3.29. The maximum Gasteiger partial charge on any atom is 0.307 e. The maximum atomic E-state index is 13.2. The van der Waals surface area contributed by atoms with Crippen molar-refractivity contribution in [3.63, 3.8) is 0 Å². The second kappa shape index (κ2) is 8.09. The minimum Gasteiger partial charge on any atom is -0.481 e. The molecule has 4 aliphatic carbocycles. The van der Waals surface area contributed by atoms with Gasteiger partial charge in [0.1, 0.15) is 5.00 Å². The monoisotopic (exact) mass is 418 g/mol. The van der Waals surface area contributed by atoms with Crippen LogP contribution < -0.4 is 10.6 Å². The summed E-state index contributed by atoms with van der Waals surface area (Å²) in [6.45, 7) is 3.86. The Hall–Kier alpha value is -1.89. The second-order valence-corrected chi connectivity index (χ2v) is 10.2. The van der Waals surface area contributed by atoms with E-state index in [9.17, 15) is 19.5 Å². The van der Waals surface area contributed by atoms with Crippen LogP contribution in [0.15, 0.2) is 0 Å². The molecule has 29 heavy (non-hydrogen) atoms. The van der Waals surface area contributed by atoms with Gasteiger partial charge in [-0.1, -0.05) is 12.8 Å². The fourth-order valence-corrected chi connectivity index (χ4v) is 6.75. The van der Waals surface area contributed by atoms with Gasteiger partial charge in [0, 0.05) is 10.9 Å². The number of carbonyl (C=O) groups is 3. The number of carboxylic acids is 1. The third kappa shape index (κ3) is 3.81. The minimum absolute atomic E-state index is 0.0881. The topological polar surface area (TPSA) is 95.5 Å². The van der Waals surface area contributed by atoms with Crippen molar-refractivity contribution in [2.45, 2.75) is 71.3 Å². The third-order valence-electron chi connectivity index (χ3n) is 7.35. The smallest absolute Gasteiger partial charge is 0.307 e. The maximum absolute atomic E-state index is 13.2. The Kier molecular flexibility index (Phi) is 5.69. The van der Waals surface area contributed by atoms with Gasteiger partial charge in [-0.2, -0.15) is 0 Å². The molecule has 0 aliphatic heterocycles. The van der Waals surface area contributed by atoms with E-state index >= 15 is 0 Å². The lowest BCUT2D eigenvalue weighted by molar-refractivity contribution is -0.156. The minimum atomic E-state index is -0.864. The van der Waals surface area contributed by atoms with Gasteiger partial charge in [-0.15, -0.1) is 11.3 Å². The molecule has 0 saturated heterocycles. The summed E-state index contributed by atoms with van der Waals surface area (Å²) in [6.07, 6.45) is 7.92. The molecule has 7 heteroatoms. The lowest BCUT2D eigenvalue weighted by atomic mass is 9.58. The zero-order valence-electron chi connectivity index (χ0n) is 17.1. The Morgan fingerprint density at radius 1 is 0.931 bits per heavy atom. The zero-order valence-corrected chi connectivity index (χ0v) is 17.9. The van der Waals surface area contributed by atoms with Crippen LogP contribution in [0.25, 0.3) is 0 Å². The average molecular weight is 419 g/mol. The number of hydrogen-bond donors (Lipinski definition) is 3. The summed E-state index contributed by atoms with van der Waals surface area (Å²) in [5, 5.41) is 16.4. The fraction of sp³-hybridized carbons (Fsp3) is 0.682. The summed E-state index contributed by atoms with van der Waals surface area (Å²) in [7, 11) is 0. The van der Waals surface area contributed by atoms with Crippen molar-refractivity contribution in [1.29, 1.82) is 0 Å². The van der Waals surface area contributed by atoms with Crippen LogP contribution in [0.2, 0.25) is 0 Å². The van der Waals surface area contributed by atoms with Crippen molar-refractivity contribution >= 4 is 34.1 Å². The number of rotatable bonds is 5. The first-order chi connectivity index (χ1) is 13.9. The summed E-state index contributed by atoms with van der Waals surface area (Å²) >= 11 is 1.41. The first-order valence-electron chi connectivity index (χ1n) is 10.8. The number of aliphatic carboxylic acids is 1. The Labute approximate surface area is 175 Å². The van der Waals surface area contributed by atoms with Crippen molar-refractivity contribution in [3.8, 4) is 0 Å². The fourth-order valence-electron chi connectivity index (χ4n) is 5.69. The van der Waals surface area contributed by atoms with E-state index in [1.165, 1.54) is 11.3 Å². The van der Waals surface area contributed by atoms with E-state index in [-0.39, 0.29) is 29.7 Å². The first-order valence-corrected chi connectivity index (χ1v) is 11.6. The molecule has 4 fully saturated rings. The molecule has 1 aromatic rings. The number of aryl methyl sites for hydroxylation is 1. The quantitative estimate of drug-likeness (QED) is 0.670. The van der Waals surface area contributed by atoms with Gasteiger partial charge < -0.3 is 15.7 Å². The van der Waals surface area contributed by atoms with Gasteiger partial charge >= 0.3 is 5.97 Å². The third-order valence-corrected chi connectivity index (χ3v) is 8.47. The van der Waals surface area contributed by atoms with E-state index in [4.69, 9.17) is 0 Å². The zero-order chi connectivity index (χ0) is 20.7. The number of nitrogens with one attached hydrogen (secondary N) is 2. The van der Waals surface area contributed by atoms with Crippen molar-refractivity contribution < 1.29 is 19.5 Å². The molecule has 4 saturated carbocycles. The number of fused-ring (bicyclic) bond motifs is 3. The van der Waals surface area contributed by atoms with Crippen LogP contribution in [0.4, 0.5) is 5.00 Å². The second-order valence-electron chi connectivity index (χ2n) is 9.00. The Morgan fingerprint density at radius 3 is 2.10 bits per heavy atom. The van der Waals surface area contributed by atoms with Gasteiger partial charge in [-0.25, -0.2) is 0 Å². The number of amides is 2. The highest BCUT2D eigenvalue weighted by atomic mass is 32.1. The molecule has 1 aromatic heterocycles. The molecule has 0 radical (unpaired) electrons. The molecule has 6 nitrogen and oxygen atoms in total. The molecular formula is C22H30N2O4S. The van der Waals surface area contributed by atoms with Crippen molar-refractivity contribution in [2.24, 2.45) is 23.7 Å². The van der Waals surface area contributed by atoms with E-state index in [1.54, 1.807) is 0 Å². The highest BCUT2D eigenvalue weighted by Crippen LogP contribution is 2.49. The molecule has 0 unspecified atom stereocenters. The Balaban J connectivity index is 1.56. The van der Waals surface area contributed by atoms with E-state index in [0.29, 0.717) is 10.6 Å². The predicted octanol–water partition coefficient (Wildman–Crippen LogP) is 4.11. The standard InChI is InChI=1S/C22H30N2O4S/c1-11-12(2)29-21(16(11)19(25)23-15-5-3-4-6-15)24-20(26)17-13-7-9-14(10-8-13)18(17)22(27)28/h13-15,17-18H,3-10H2,1-2H3,(H,23,25)(H,24,26)(H,27,28)/t13?,14?,17-,18+/m1/s1. The van der Waals surface area contributed by atoms with Crippen molar-refractivity contribution in [1.82, 2.24) is 5.32 Å². The normalized spacial score (nSPS) is 29.0. The number of anilines is 1. The molecule has 0 spiro atoms. The lowest BCUT2D eigenvalue weighted by Crippen LogP contribution is -2.49. The van der Waals surface area contributed by atoms with Gasteiger partial charge in [0.25, 0.3) is 5.91 Å². The summed E-state index contributed by atoms with van der Waals surface area (Å²) in [4.78, 5) is 39.1. The summed E-state index contributed by atoms with van der Waals surface area (Å²) in [5.41, 5.74) is 1.43. The number of carbonyl (C=O) groups excluding carboxylic acids is 2. The molecule has 1 heterocycles. The van der Waals surface area contributed by atoms with Crippen molar-refractivity contribution in [2.75, 3.05) is 5.32 Å².